The second-order valence-electron chi connectivity index (χ2n) is 7.26. The molecule has 0 radical (unpaired) electrons. The van der Waals surface area contributed by atoms with Crippen LogP contribution in [0.2, 0.25) is 0 Å². The van der Waals surface area contributed by atoms with Crippen LogP contribution in [0.5, 0.6) is 0 Å². The van der Waals surface area contributed by atoms with Crippen LogP contribution in [0.1, 0.15) is 25.8 Å². The molecule has 29 heavy (non-hydrogen) atoms. The Morgan fingerprint density at radius 1 is 1.10 bits per heavy atom. The molecule has 0 spiro atoms. The maximum atomic E-state index is 12.6. The molecule has 0 saturated carbocycles. The Morgan fingerprint density at radius 3 is 2.41 bits per heavy atom. The number of aromatic nitrogens is 2. The first-order valence-electron chi connectivity index (χ1n) is 10.5. The fraction of sp³-hybridized carbons (Fsp3) is 0.500. The van der Waals surface area contributed by atoms with Gasteiger partial charge in [-0.25, -0.2) is 9.97 Å². The smallest absolute Gasteiger partial charge is 0.225 e. The van der Waals surface area contributed by atoms with E-state index in [4.69, 9.17) is 0 Å². The molecule has 0 aliphatic carbocycles. The summed E-state index contributed by atoms with van der Waals surface area (Å²) in [6.45, 7) is 12.1. The first-order valence-corrected chi connectivity index (χ1v) is 10.5. The predicted molar refractivity (Wildman–Crippen MR) is 119 cm³/mol. The van der Waals surface area contributed by atoms with Crippen molar-refractivity contribution in [3.8, 4) is 0 Å². The van der Waals surface area contributed by atoms with Crippen molar-refractivity contribution in [1.82, 2.24) is 14.9 Å². The minimum Gasteiger partial charge on any atom is -0.384 e. The summed E-state index contributed by atoms with van der Waals surface area (Å²) in [5.74, 6) is 0.938. The van der Waals surface area contributed by atoms with Crippen LogP contribution in [-0.2, 0) is 4.79 Å². The molecular weight excluding hydrogens is 364 g/mol. The van der Waals surface area contributed by atoms with Gasteiger partial charge in [0.25, 0.3) is 0 Å². The Kier molecular flexibility index (Phi) is 7.27. The average Bonchev–Trinajstić information content (AvgIpc) is 2.76. The molecule has 0 bridgehead atoms. The third kappa shape index (κ3) is 5.37. The zero-order valence-electron chi connectivity index (χ0n) is 17.8. The van der Waals surface area contributed by atoms with E-state index in [0.29, 0.717) is 26.1 Å². The lowest BCUT2D eigenvalue weighted by Gasteiger charge is -2.34. The summed E-state index contributed by atoms with van der Waals surface area (Å²) in [6, 6.07) is 8.29. The first-order chi connectivity index (χ1) is 14.1. The molecule has 1 N–H and O–H groups in total. The van der Waals surface area contributed by atoms with Crippen molar-refractivity contribution < 1.29 is 4.79 Å². The number of hydrogen-bond donors (Lipinski definition) is 1. The molecule has 1 aliphatic heterocycles. The summed E-state index contributed by atoms with van der Waals surface area (Å²) in [5, 5.41) is 3.42. The number of aryl methyl sites for hydroxylation is 1. The van der Waals surface area contributed by atoms with Crippen molar-refractivity contribution in [3.05, 3.63) is 42.2 Å². The third-order valence-corrected chi connectivity index (χ3v) is 5.46. The van der Waals surface area contributed by atoms with Gasteiger partial charge in [0.15, 0.2) is 0 Å². The molecule has 1 aromatic heterocycles. The molecular formula is C22H32N6O. The molecule has 1 saturated heterocycles. The molecule has 3 rings (SSSR count). The Labute approximate surface area is 173 Å². The maximum absolute atomic E-state index is 12.6. The summed E-state index contributed by atoms with van der Waals surface area (Å²) < 4.78 is 0. The SMILES string of the molecule is CCN(CC)c1ccc(NCCC(=O)N2CCN(c3ncccn3)CC2)c(C)c1. The van der Waals surface area contributed by atoms with Crippen LogP contribution in [0.4, 0.5) is 17.3 Å². The zero-order chi connectivity index (χ0) is 20.6. The third-order valence-electron chi connectivity index (χ3n) is 5.46. The van der Waals surface area contributed by atoms with Gasteiger partial charge in [0.2, 0.25) is 11.9 Å². The molecule has 7 nitrogen and oxygen atoms in total. The van der Waals surface area contributed by atoms with E-state index in [2.05, 4.69) is 64.1 Å². The maximum Gasteiger partial charge on any atom is 0.225 e. The van der Waals surface area contributed by atoms with Gasteiger partial charge in [-0.05, 0) is 50.6 Å². The van der Waals surface area contributed by atoms with Gasteiger partial charge in [-0.1, -0.05) is 0 Å². The van der Waals surface area contributed by atoms with Gasteiger partial charge >= 0.3 is 0 Å². The summed E-state index contributed by atoms with van der Waals surface area (Å²) in [7, 11) is 0. The first kappa shape index (κ1) is 20.9. The standard InChI is InChI=1S/C22H32N6O/c1-4-26(5-2)19-7-8-20(18(3)17-19)23-12-9-21(29)27-13-15-28(16-14-27)22-24-10-6-11-25-22/h6-8,10-11,17,23H,4-5,9,12-16H2,1-3H3. The molecule has 1 fully saturated rings. The van der Waals surface area contributed by atoms with E-state index in [0.717, 1.165) is 37.8 Å². The van der Waals surface area contributed by atoms with E-state index in [1.54, 1.807) is 12.4 Å². The van der Waals surface area contributed by atoms with Crippen LogP contribution in [0, 0.1) is 6.92 Å². The van der Waals surface area contributed by atoms with E-state index in [-0.39, 0.29) is 5.91 Å². The monoisotopic (exact) mass is 396 g/mol. The van der Waals surface area contributed by atoms with Crippen LogP contribution < -0.4 is 15.1 Å². The van der Waals surface area contributed by atoms with Gasteiger partial charge in [-0.15, -0.1) is 0 Å². The van der Waals surface area contributed by atoms with Crippen LogP contribution in [0.3, 0.4) is 0 Å². The van der Waals surface area contributed by atoms with Crippen molar-refractivity contribution in [2.75, 3.05) is 60.9 Å². The number of carbonyl (C=O) groups is 1. The number of nitrogens with zero attached hydrogens (tertiary/aromatic N) is 5. The minimum absolute atomic E-state index is 0.198. The van der Waals surface area contributed by atoms with Crippen molar-refractivity contribution in [1.29, 1.82) is 0 Å². The average molecular weight is 397 g/mol. The molecule has 0 unspecified atom stereocenters. The zero-order valence-corrected chi connectivity index (χ0v) is 17.8. The summed E-state index contributed by atoms with van der Waals surface area (Å²) >= 11 is 0. The van der Waals surface area contributed by atoms with E-state index < -0.39 is 0 Å². The fourth-order valence-corrected chi connectivity index (χ4v) is 3.70. The van der Waals surface area contributed by atoms with Crippen LogP contribution in [0.25, 0.3) is 0 Å². The quantitative estimate of drug-likeness (QED) is 0.740. The fourth-order valence-electron chi connectivity index (χ4n) is 3.70. The van der Waals surface area contributed by atoms with Gasteiger partial charge in [0, 0.05) is 76.0 Å². The number of rotatable bonds is 8. The highest BCUT2D eigenvalue weighted by atomic mass is 16.2. The molecule has 2 aromatic rings. The number of piperazine rings is 1. The van der Waals surface area contributed by atoms with Gasteiger partial charge in [0.05, 0.1) is 0 Å². The number of benzene rings is 1. The molecule has 156 valence electrons. The molecule has 1 aromatic carbocycles. The molecule has 0 atom stereocenters. The molecule has 1 amide bonds. The highest BCUT2D eigenvalue weighted by molar-refractivity contribution is 5.77. The van der Waals surface area contributed by atoms with E-state index in [1.165, 1.54) is 11.3 Å². The van der Waals surface area contributed by atoms with Crippen LogP contribution in [-0.4, -0.2) is 66.6 Å². The van der Waals surface area contributed by atoms with Crippen molar-refractivity contribution in [3.63, 3.8) is 0 Å². The van der Waals surface area contributed by atoms with Gasteiger partial charge in [-0.2, -0.15) is 0 Å². The highest BCUT2D eigenvalue weighted by Crippen LogP contribution is 2.22. The number of nitrogens with one attached hydrogen (secondary N) is 1. The Balaban J connectivity index is 1.44. The Hall–Kier alpha value is -2.83. The van der Waals surface area contributed by atoms with Crippen molar-refractivity contribution in [2.24, 2.45) is 0 Å². The number of amides is 1. The largest absolute Gasteiger partial charge is 0.384 e. The van der Waals surface area contributed by atoms with Crippen LogP contribution in [0.15, 0.2) is 36.7 Å². The predicted octanol–water partition coefficient (Wildman–Crippen LogP) is 2.78. The normalized spacial score (nSPS) is 14.0. The highest BCUT2D eigenvalue weighted by Gasteiger charge is 2.22. The topological polar surface area (TPSA) is 64.6 Å². The van der Waals surface area contributed by atoms with E-state index >= 15 is 0 Å². The lowest BCUT2D eigenvalue weighted by Crippen LogP contribution is -2.49. The minimum atomic E-state index is 0.198. The second-order valence-corrected chi connectivity index (χ2v) is 7.26. The Morgan fingerprint density at radius 2 is 1.79 bits per heavy atom. The lowest BCUT2D eigenvalue weighted by atomic mass is 10.1. The summed E-state index contributed by atoms with van der Waals surface area (Å²) in [5.41, 5.74) is 3.55. The number of anilines is 3. The van der Waals surface area contributed by atoms with Gasteiger partial charge in [0.1, 0.15) is 0 Å². The van der Waals surface area contributed by atoms with Gasteiger partial charge < -0.3 is 20.0 Å². The molecule has 2 heterocycles. The van der Waals surface area contributed by atoms with Crippen molar-refractivity contribution >= 4 is 23.2 Å². The summed E-state index contributed by atoms with van der Waals surface area (Å²) in [4.78, 5) is 27.6. The number of hydrogen-bond acceptors (Lipinski definition) is 6. The lowest BCUT2D eigenvalue weighted by molar-refractivity contribution is -0.131. The van der Waals surface area contributed by atoms with E-state index in [9.17, 15) is 4.79 Å². The van der Waals surface area contributed by atoms with E-state index in [1.807, 2.05) is 11.0 Å². The van der Waals surface area contributed by atoms with Crippen LogP contribution >= 0.6 is 0 Å². The molecule has 7 heteroatoms. The van der Waals surface area contributed by atoms with Crippen molar-refractivity contribution in [2.45, 2.75) is 27.2 Å². The summed E-state index contributed by atoms with van der Waals surface area (Å²) in [6.07, 6.45) is 4.00. The number of carbonyl (C=O) groups excluding carboxylic acids is 1. The molecule has 1 aliphatic rings. The Bertz CT molecular complexity index is 785. The second kappa shape index (κ2) is 10.1. The van der Waals surface area contributed by atoms with Gasteiger partial charge in [-0.3, -0.25) is 4.79 Å².